The second kappa shape index (κ2) is 9.96. The average molecular weight is 412 g/mol. The average Bonchev–Trinajstić information content (AvgIpc) is 2.78. The minimum atomic E-state index is -0.267. The third kappa shape index (κ3) is 5.40. The molecule has 1 saturated heterocycles. The van der Waals surface area contributed by atoms with Crippen LogP contribution in [0.15, 0.2) is 36.5 Å². The van der Waals surface area contributed by atoms with E-state index >= 15 is 0 Å². The van der Waals surface area contributed by atoms with Crippen molar-refractivity contribution in [2.24, 2.45) is 11.7 Å². The van der Waals surface area contributed by atoms with Gasteiger partial charge in [-0.1, -0.05) is 0 Å². The molecule has 30 heavy (non-hydrogen) atoms. The summed E-state index contributed by atoms with van der Waals surface area (Å²) in [5, 5.41) is 2.87. The topological polar surface area (TPSA) is 107 Å². The Balaban J connectivity index is 1.55. The molecule has 0 spiro atoms. The fourth-order valence-corrected chi connectivity index (χ4v) is 3.61. The van der Waals surface area contributed by atoms with Crippen molar-refractivity contribution in [2.45, 2.75) is 25.7 Å². The number of nitrogens with two attached hydrogens (primary N) is 1. The summed E-state index contributed by atoms with van der Waals surface area (Å²) in [6.45, 7) is 1.42. The van der Waals surface area contributed by atoms with E-state index in [2.05, 4.69) is 15.2 Å². The molecule has 1 aliphatic rings. The van der Waals surface area contributed by atoms with E-state index in [0.29, 0.717) is 25.1 Å². The summed E-state index contributed by atoms with van der Waals surface area (Å²) >= 11 is 0. The number of aryl methyl sites for hydroxylation is 1. The van der Waals surface area contributed by atoms with Crippen molar-refractivity contribution in [1.82, 2.24) is 4.98 Å². The number of carbonyl (C=O) groups is 2. The first-order valence-electron chi connectivity index (χ1n) is 10.0. The molecular weight excluding hydrogens is 384 g/mol. The molecule has 1 aromatic heterocycles. The standard InChI is InChI=1S/C22H28N4O4/c1-29-18-7-8-19(30-2)15(12-18)5-10-21(27)25-17-6-9-20(24-13-17)26-11-3-4-16(14-26)22(23)28/h6-9,12-13,16H,3-5,10-11,14H2,1-2H3,(H2,23,28)(H,25,27). The smallest absolute Gasteiger partial charge is 0.224 e. The van der Waals surface area contributed by atoms with E-state index in [1.54, 1.807) is 20.4 Å². The van der Waals surface area contributed by atoms with Gasteiger partial charge in [-0.05, 0) is 55.2 Å². The molecule has 1 aromatic carbocycles. The largest absolute Gasteiger partial charge is 0.497 e. The third-order valence-electron chi connectivity index (χ3n) is 5.29. The van der Waals surface area contributed by atoms with Crippen molar-refractivity contribution >= 4 is 23.3 Å². The van der Waals surface area contributed by atoms with Crippen LogP contribution in [0.5, 0.6) is 11.5 Å². The molecule has 0 bridgehead atoms. The van der Waals surface area contributed by atoms with Gasteiger partial charge in [0, 0.05) is 19.5 Å². The quantitative estimate of drug-likeness (QED) is 0.689. The Kier molecular flexibility index (Phi) is 7.11. The molecule has 8 heteroatoms. The highest BCUT2D eigenvalue weighted by atomic mass is 16.5. The number of anilines is 2. The van der Waals surface area contributed by atoms with Gasteiger partial charge in [0.05, 0.1) is 32.0 Å². The van der Waals surface area contributed by atoms with Gasteiger partial charge >= 0.3 is 0 Å². The van der Waals surface area contributed by atoms with Gasteiger partial charge in [-0.25, -0.2) is 4.98 Å². The number of ether oxygens (including phenoxy) is 2. The molecule has 8 nitrogen and oxygen atoms in total. The lowest BCUT2D eigenvalue weighted by Gasteiger charge is -2.32. The molecule has 0 radical (unpaired) electrons. The number of methoxy groups -OCH3 is 2. The number of rotatable bonds is 8. The summed E-state index contributed by atoms with van der Waals surface area (Å²) in [7, 11) is 3.21. The van der Waals surface area contributed by atoms with Crippen molar-refractivity contribution in [1.29, 1.82) is 0 Å². The molecule has 2 heterocycles. The molecule has 3 N–H and O–H groups in total. The molecule has 1 fully saturated rings. The number of hydrogen-bond acceptors (Lipinski definition) is 6. The highest BCUT2D eigenvalue weighted by Crippen LogP contribution is 2.26. The fraction of sp³-hybridized carbons (Fsp3) is 0.409. The van der Waals surface area contributed by atoms with Gasteiger partial charge in [-0.2, -0.15) is 0 Å². The number of carbonyl (C=O) groups excluding carboxylic acids is 2. The van der Waals surface area contributed by atoms with Crippen LogP contribution in [0.3, 0.4) is 0 Å². The number of amides is 2. The summed E-state index contributed by atoms with van der Waals surface area (Å²) in [4.78, 5) is 30.3. The van der Waals surface area contributed by atoms with Crippen LogP contribution in [-0.2, 0) is 16.0 Å². The number of nitrogens with zero attached hydrogens (tertiary/aromatic N) is 2. The minimum Gasteiger partial charge on any atom is -0.497 e. The predicted octanol–water partition coefficient (Wildman–Crippen LogP) is 2.37. The number of benzene rings is 1. The Hall–Kier alpha value is -3.29. The van der Waals surface area contributed by atoms with Gasteiger partial charge < -0.3 is 25.4 Å². The molecule has 1 unspecified atom stereocenters. The summed E-state index contributed by atoms with van der Waals surface area (Å²) < 4.78 is 10.6. The second-order valence-electron chi connectivity index (χ2n) is 7.32. The molecular formula is C22H28N4O4. The van der Waals surface area contributed by atoms with Crippen molar-refractivity contribution in [2.75, 3.05) is 37.5 Å². The Bertz CT molecular complexity index is 885. The predicted molar refractivity (Wildman–Crippen MR) is 115 cm³/mol. The molecule has 0 aliphatic carbocycles. The number of hydrogen-bond donors (Lipinski definition) is 2. The van der Waals surface area contributed by atoms with Crippen LogP contribution < -0.4 is 25.4 Å². The first kappa shape index (κ1) is 21.4. The number of primary amides is 1. The molecule has 1 atom stereocenters. The third-order valence-corrected chi connectivity index (χ3v) is 5.29. The van der Waals surface area contributed by atoms with Crippen LogP contribution in [0.4, 0.5) is 11.5 Å². The van der Waals surface area contributed by atoms with Crippen molar-refractivity contribution in [3.63, 3.8) is 0 Å². The molecule has 2 amide bonds. The Labute approximate surface area is 176 Å². The van der Waals surface area contributed by atoms with Crippen molar-refractivity contribution in [3.8, 4) is 11.5 Å². The number of aromatic nitrogens is 1. The molecule has 1 aliphatic heterocycles. The maximum atomic E-state index is 12.4. The Morgan fingerprint density at radius 3 is 2.73 bits per heavy atom. The SMILES string of the molecule is COc1ccc(OC)c(CCC(=O)Nc2ccc(N3CCCC(C(N)=O)C3)nc2)c1. The highest BCUT2D eigenvalue weighted by Gasteiger charge is 2.24. The normalized spacial score (nSPS) is 16.1. The van der Waals surface area contributed by atoms with Gasteiger partial charge in [-0.3, -0.25) is 9.59 Å². The zero-order chi connectivity index (χ0) is 21.5. The van der Waals surface area contributed by atoms with E-state index < -0.39 is 0 Å². The van der Waals surface area contributed by atoms with E-state index in [-0.39, 0.29) is 17.7 Å². The monoisotopic (exact) mass is 412 g/mol. The summed E-state index contributed by atoms with van der Waals surface area (Å²) in [6, 6.07) is 9.20. The van der Waals surface area contributed by atoms with Crippen LogP contribution in [0.1, 0.15) is 24.8 Å². The lowest BCUT2D eigenvalue weighted by atomic mass is 9.97. The summed E-state index contributed by atoms with van der Waals surface area (Å²) in [5.41, 5.74) is 6.98. The zero-order valence-corrected chi connectivity index (χ0v) is 17.4. The van der Waals surface area contributed by atoms with E-state index in [1.165, 1.54) is 0 Å². The highest BCUT2D eigenvalue weighted by molar-refractivity contribution is 5.90. The number of pyridine rings is 1. The van der Waals surface area contributed by atoms with Crippen LogP contribution in [0.25, 0.3) is 0 Å². The van der Waals surface area contributed by atoms with Crippen LogP contribution in [0, 0.1) is 5.92 Å². The minimum absolute atomic E-state index is 0.110. The van der Waals surface area contributed by atoms with E-state index in [0.717, 1.165) is 42.3 Å². The van der Waals surface area contributed by atoms with Gasteiger partial charge in [0.2, 0.25) is 11.8 Å². The lowest BCUT2D eigenvalue weighted by Crippen LogP contribution is -2.41. The maximum Gasteiger partial charge on any atom is 0.224 e. The van der Waals surface area contributed by atoms with Gasteiger partial charge in [0.25, 0.3) is 0 Å². The molecule has 0 saturated carbocycles. The van der Waals surface area contributed by atoms with E-state index in [1.807, 2.05) is 30.3 Å². The first-order valence-corrected chi connectivity index (χ1v) is 10.0. The Morgan fingerprint density at radius 2 is 2.07 bits per heavy atom. The van der Waals surface area contributed by atoms with Crippen LogP contribution >= 0.6 is 0 Å². The van der Waals surface area contributed by atoms with Gasteiger partial charge in [-0.15, -0.1) is 0 Å². The summed E-state index contributed by atoms with van der Waals surface area (Å²) in [6.07, 6.45) is 4.19. The van der Waals surface area contributed by atoms with Gasteiger partial charge in [0.15, 0.2) is 0 Å². The molecule has 3 rings (SSSR count). The summed E-state index contributed by atoms with van der Waals surface area (Å²) in [5.74, 6) is 1.71. The first-order chi connectivity index (χ1) is 14.5. The van der Waals surface area contributed by atoms with Crippen LogP contribution in [0.2, 0.25) is 0 Å². The maximum absolute atomic E-state index is 12.4. The number of nitrogens with one attached hydrogen (secondary N) is 1. The Morgan fingerprint density at radius 1 is 1.23 bits per heavy atom. The molecule has 2 aromatic rings. The van der Waals surface area contributed by atoms with Crippen molar-refractivity contribution < 1.29 is 19.1 Å². The fourth-order valence-electron chi connectivity index (χ4n) is 3.61. The zero-order valence-electron chi connectivity index (χ0n) is 17.4. The van der Waals surface area contributed by atoms with Crippen molar-refractivity contribution in [3.05, 3.63) is 42.1 Å². The van der Waals surface area contributed by atoms with Gasteiger partial charge in [0.1, 0.15) is 17.3 Å². The van der Waals surface area contributed by atoms with Crippen LogP contribution in [-0.4, -0.2) is 44.1 Å². The lowest BCUT2D eigenvalue weighted by molar-refractivity contribution is -0.122. The molecule has 160 valence electrons. The van der Waals surface area contributed by atoms with E-state index in [9.17, 15) is 9.59 Å². The number of piperidine rings is 1. The van der Waals surface area contributed by atoms with E-state index in [4.69, 9.17) is 15.2 Å². The second-order valence-corrected chi connectivity index (χ2v) is 7.32.